The lowest BCUT2D eigenvalue weighted by molar-refractivity contribution is -0.100. The van der Waals surface area contributed by atoms with E-state index in [1.165, 1.54) is 11.8 Å². The number of hydrogen-bond acceptors (Lipinski definition) is 6. The maximum absolute atomic E-state index is 13.6. The molecule has 8 heteroatoms. The van der Waals surface area contributed by atoms with Gasteiger partial charge in [0.05, 0.1) is 17.9 Å². The van der Waals surface area contributed by atoms with E-state index in [9.17, 15) is 20.1 Å². The minimum Gasteiger partial charge on any atom is -0.507 e. The van der Waals surface area contributed by atoms with E-state index in [1.54, 1.807) is 12.1 Å². The van der Waals surface area contributed by atoms with Gasteiger partial charge in [-0.3, -0.25) is 9.89 Å². The molecular weight excluding hydrogens is 494 g/mol. The van der Waals surface area contributed by atoms with Crippen molar-refractivity contribution in [2.24, 2.45) is 0 Å². The second-order valence-corrected chi connectivity index (χ2v) is 10.6. The number of aliphatic hydroxyl groups is 1. The Morgan fingerprint density at radius 2 is 1.51 bits per heavy atom. The van der Waals surface area contributed by atoms with E-state index < -0.39 is 24.0 Å². The summed E-state index contributed by atoms with van der Waals surface area (Å²) in [5.41, 5.74) is 2.78. The normalized spacial score (nSPS) is 20.6. The van der Waals surface area contributed by atoms with E-state index in [4.69, 9.17) is 4.74 Å². The molecule has 0 radical (unpaired) electrons. The lowest BCUT2D eigenvalue weighted by atomic mass is 9.62. The third-order valence-corrected chi connectivity index (χ3v) is 7.95. The fourth-order valence-corrected chi connectivity index (χ4v) is 5.89. The van der Waals surface area contributed by atoms with E-state index in [0.717, 1.165) is 56.6 Å². The van der Waals surface area contributed by atoms with Crippen molar-refractivity contribution in [1.82, 2.24) is 9.78 Å². The van der Waals surface area contributed by atoms with Crippen molar-refractivity contribution in [3.63, 3.8) is 0 Å². The molecule has 4 unspecified atom stereocenters. The topological polar surface area (TPSA) is 111 Å². The third kappa shape index (κ3) is 5.58. The Labute approximate surface area is 230 Å². The molecule has 0 bridgehead atoms. The lowest BCUT2D eigenvalue weighted by Gasteiger charge is -2.48. The molecule has 3 aromatic rings. The van der Waals surface area contributed by atoms with Crippen molar-refractivity contribution in [3.8, 4) is 17.2 Å². The molecule has 1 fully saturated rings. The Morgan fingerprint density at radius 3 is 2.05 bits per heavy atom. The van der Waals surface area contributed by atoms with Crippen LogP contribution in [0.25, 0.3) is 5.69 Å². The predicted molar refractivity (Wildman–Crippen MR) is 154 cm³/mol. The first kappa shape index (κ1) is 28.8. The van der Waals surface area contributed by atoms with Gasteiger partial charge in [0.2, 0.25) is 0 Å². The number of nitrogens with one attached hydrogen (secondary N) is 1. The van der Waals surface area contributed by atoms with E-state index in [-0.39, 0.29) is 22.6 Å². The van der Waals surface area contributed by atoms with E-state index in [2.05, 4.69) is 23.8 Å². The fraction of sp³-hybridized carbons (Fsp3) is 0.516. The van der Waals surface area contributed by atoms with Gasteiger partial charge in [-0.1, -0.05) is 58.2 Å². The molecule has 1 heterocycles. The van der Waals surface area contributed by atoms with Crippen LogP contribution < -0.4 is 10.5 Å². The molecule has 212 valence electrons. The van der Waals surface area contributed by atoms with Crippen molar-refractivity contribution >= 4 is 5.69 Å². The third-order valence-electron chi connectivity index (χ3n) is 7.95. The molecule has 2 aromatic carbocycles. The van der Waals surface area contributed by atoms with Gasteiger partial charge in [-0.05, 0) is 31.4 Å². The summed E-state index contributed by atoms with van der Waals surface area (Å²) in [4.78, 5) is 15.8. The highest BCUT2D eigenvalue weighted by molar-refractivity contribution is 5.62. The maximum atomic E-state index is 13.6. The summed E-state index contributed by atoms with van der Waals surface area (Å²) >= 11 is 0. The van der Waals surface area contributed by atoms with Gasteiger partial charge >= 0.3 is 0 Å². The highest BCUT2D eigenvalue weighted by Crippen LogP contribution is 2.54. The largest absolute Gasteiger partial charge is 0.507 e. The summed E-state index contributed by atoms with van der Waals surface area (Å²) < 4.78 is 7.34. The summed E-state index contributed by atoms with van der Waals surface area (Å²) in [6.07, 6.45) is 3.98. The molecule has 1 aromatic heterocycles. The molecule has 1 aliphatic rings. The molecule has 1 saturated carbocycles. The van der Waals surface area contributed by atoms with Crippen LogP contribution in [0.2, 0.25) is 0 Å². The highest BCUT2D eigenvalue weighted by atomic mass is 16.5. The Kier molecular flexibility index (Phi) is 9.40. The first-order valence-corrected chi connectivity index (χ1v) is 14.3. The lowest BCUT2D eigenvalue weighted by Crippen LogP contribution is -2.54. The number of benzene rings is 2. The van der Waals surface area contributed by atoms with Crippen molar-refractivity contribution in [2.75, 3.05) is 25.1 Å². The highest BCUT2D eigenvalue weighted by Gasteiger charge is 2.55. The van der Waals surface area contributed by atoms with Crippen LogP contribution in [0.3, 0.4) is 0 Å². The number of ether oxygens (including phenoxy) is 1. The average Bonchev–Trinajstić information content (AvgIpc) is 3.24. The van der Waals surface area contributed by atoms with Crippen LogP contribution in [0.4, 0.5) is 5.69 Å². The quantitative estimate of drug-likeness (QED) is 0.239. The van der Waals surface area contributed by atoms with Crippen LogP contribution in [0.1, 0.15) is 81.5 Å². The summed E-state index contributed by atoms with van der Waals surface area (Å²) in [6.45, 7) is 7.99. The molecular formula is C31H43N3O5. The van der Waals surface area contributed by atoms with Crippen LogP contribution in [0.15, 0.2) is 47.3 Å². The Bertz CT molecular complexity index is 1250. The molecule has 0 amide bonds. The molecule has 1 aliphatic carbocycles. The number of phenols is 2. The number of para-hydroxylation sites is 1. The summed E-state index contributed by atoms with van der Waals surface area (Å²) in [7, 11) is 1.54. The van der Waals surface area contributed by atoms with Crippen molar-refractivity contribution in [3.05, 3.63) is 69.6 Å². The van der Waals surface area contributed by atoms with Gasteiger partial charge in [-0.15, -0.1) is 0 Å². The molecule has 0 aliphatic heterocycles. The number of anilines is 1. The van der Waals surface area contributed by atoms with E-state index in [1.807, 2.05) is 37.3 Å². The van der Waals surface area contributed by atoms with Crippen LogP contribution >= 0.6 is 0 Å². The minimum atomic E-state index is -1.02. The van der Waals surface area contributed by atoms with Gasteiger partial charge < -0.3 is 25.0 Å². The number of phenolic OH excluding ortho intramolecular Hbond substituents is 2. The van der Waals surface area contributed by atoms with Crippen LogP contribution in [-0.2, 0) is 11.2 Å². The average molecular weight is 538 g/mol. The zero-order chi connectivity index (χ0) is 28.1. The molecule has 0 spiro atoms. The van der Waals surface area contributed by atoms with Crippen LogP contribution in [0.5, 0.6) is 11.5 Å². The molecule has 8 nitrogen and oxygen atoms in total. The monoisotopic (exact) mass is 537 g/mol. The number of aryl methyl sites for hydroxylation is 1. The number of aromatic hydroxyl groups is 2. The zero-order valence-electron chi connectivity index (χ0n) is 23.6. The molecule has 39 heavy (non-hydrogen) atoms. The number of H-pyrrole nitrogens is 1. The van der Waals surface area contributed by atoms with E-state index >= 15 is 0 Å². The SMILES string of the molecule is CCCCN(CCCC)c1cc(O)c(C2C(O)C(c3c(CCC)[nH]n(-c4ccccc4)c3=O)C2OC)c(O)c1. The molecule has 0 saturated heterocycles. The first-order valence-electron chi connectivity index (χ1n) is 14.3. The smallest absolute Gasteiger partial charge is 0.275 e. The standard InChI is InChI=1S/C31H43N3O5/c1-5-8-16-33(17-9-6-2)21-18-23(35)26(24(36)19-21)28-29(37)27(30(28)39-4)25-22(13-7-3)32-34(31(25)38)20-14-11-10-12-15-20/h10-12,14-15,18-19,27-30,32,35-37H,5-9,13,16-17H2,1-4H3. The predicted octanol–water partition coefficient (Wildman–Crippen LogP) is 5.19. The number of aromatic amines is 1. The van der Waals surface area contributed by atoms with Crippen molar-refractivity contribution in [2.45, 2.75) is 83.3 Å². The van der Waals surface area contributed by atoms with Gasteiger partial charge in [0, 0.05) is 66.7 Å². The number of methoxy groups -OCH3 is 1. The number of rotatable bonds is 13. The minimum absolute atomic E-state index is 0.0721. The Balaban J connectivity index is 1.69. The van der Waals surface area contributed by atoms with Gasteiger partial charge in [-0.25, -0.2) is 4.68 Å². The molecule has 4 N–H and O–H groups in total. The van der Waals surface area contributed by atoms with Gasteiger partial charge in [0.1, 0.15) is 11.5 Å². The second-order valence-electron chi connectivity index (χ2n) is 10.6. The summed E-state index contributed by atoms with van der Waals surface area (Å²) in [6, 6.07) is 12.7. The Hall–Kier alpha value is -3.23. The van der Waals surface area contributed by atoms with Crippen LogP contribution in [0, 0.1) is 0 Å². The second kappa shape index (κ2) is 12.7. The summed E-state index contributed by atoms with van der Waals surface area (Å²) in [5, 5.41) is 36.9. The van der Waals surface area contributed by atoms with E-state index in [0.29, 0.717) is 17.7 Å². The number of aliphatic hydroxyl groups excluding tert-OH is 1. The molecule has 4 rings (SSSR count). The number of aromatic nitrogens is 2. The van der Waals surface area contributed by atoms with Gasteiger partial charge in [0.15, 0.2) is 0 Å². The number of hydrogen-bond donors (Lipinski definition) is 4. The van der Waals surface area contributed by atoms with Crippen LogP contribution in [-0.4, -0.2) is 57.5 Å². The van der Waals surface area contributed by atoms with Gasteiger partial charge in [0.25, 0.3) is 5.56 Å². The zero-order valence-corrected chi connectivity index (χ0v) is 23.6. The number of unbranched alkanes of at least 4 members (excludes halogenated alkanes) is 2. The van der Waals surface area contributed by atoms with Crippen molar-refractivity contribution in [1.29, 1.82) is 0 Å². The summed E-state index contributed by atoms with van der Waals surface area (Å²) in [5.74, 6) is -1.42. The first-order chi connectivity index (χ1) is 18.9. The maximum Gasteiger partial charge on any atom is 0.275 e. The van der Waals surface area contributed by atoms with Gasteiger partial charge in [-0.2, -0.15) is 0 Å². The van der Waals surface area contributed by atoms with Crippen molar-refractivity contribution < 1.29 is 20.1 Å². The Morgan fingerprint density at radius 1 is 0.923 bits per heavy atom. The fourth-order valence-electron chi connectivity index (χ4n) is 5.89. The number of nitrogens with zero attached hydrogens (tertiary/aromatic N) is 2. The molecule has 4 atom stereocenters.